The highest BCUT2D eigenvalue weighted by molar-refractivity contribution is 5.27. The Hall–Kier alpha value is -0.890. The summed E-state index contributed by atoms with van der Waals surface area (Å²) < 4.78 is 13.2. The Bertz CT molecular complexity index is 281. The maximum absolute atomic E-state index is 13.2. The molecule has 0 aromatic heterocycles. The second-order valence-electron chi connectivity index (χ2n) is 3.54. The van der Waals surface area contributed by atoms with Crippen LogP contribution in [0.25, 0.3) is 0 Å². The third-order valence-electron chi connectivity index (χ3n) is 2.15. The summed E-state index contributed by atoms with van der Waals surface area (Å²) in [6, 6.07) is 5.27. The number of rotatable bonds is 3. The minimum atomic E-state index is -0.144. The maximum atomic E-state index is 13.2. The van der Waals surface area contributed by atoms with E-state index in [9.17, 15) is 4.39 Å². The topological polar surface area (TPSA) is 26.0 Å². The van der Waals surface area contributed by atoms with E-state index in [1.165, 1.54) is 11.6 Å². The normalized spacial score (nSPS) is 10.8. The number of hydrogen-bond acceptors (Lipinski definition) is 1. The van der Waals surface area contributed by atoms with Crippen LogP contribution in [0.1, 0.15) is 30.9 Å². The monoisotopic (exact) mass is 181 g/mol. The Labute approximate surface area is 78.8 Å². The molecule has 72 valence electrons. The van der Waals surface area contributed by atoms with Gasteiger partial charge in [-0.3, -0.25) is 0 Å². The molecule has 0 aliphatic carbocycles. The van der Waals surface area contributed by atoms with Gasteiger partial charge in [-0.2, -0.15) is 0 Å². The average Bonchev–Trinajstić information content (AvgIpc) is 2.08. The van der Waals surface area contributed by atoms with Gasteiger partial charge in [0, 0.05) is 0 Å². The Morgan fingerprint density at radius 3 is 2.62 bits per heavy atom. The molecule has 0 fully saturated rings. The molecular formula is C11H16FN. The summed E-state index contributed by atoms with van der Waals surface area (Å²) in [6.45, 7) is 4.69. The third kappa shape index (κ3) is 2.52. The summed E-state index contributed by atoms with van der Waals surface area (Å²) in [7, 11) is 0. The lowest BCUT2D eigenvalue weighted by Gasteiger charge is -2.08. The van der Waals surface area contributed by atoms with Crippen LogP contribution < -0.4 is 5.73 Å². The molecule has 0 amide bonds. The van der Waals surface area contributed by atoms with Crippen LogP contribution in [0.5, 0.6) is 0 Å². The Morgan fingerprint density at radius 1 is 1.38 bits per heavy atom. The van der Waals surface area contributed by atoms with E-state index >= 15 is 0 Å². The van der Waals surface area contributed by atoms with E-state index in [1.807, 2.05) is 12.1 Å². The largest absolute Gasteiger partial charge is 0.330 e. The molecule has 2 N–H and O–H groups in total. The Balaban J connectivity index is 2.97. The van der Waals surface area contributed by atoms with Gasteiger partial charge in [0.15, 0.2) is 0 Å². The number of hydrogen-bond donors (Lipinski definition) is 1. The molecule has 0 bridgehead atoms. The summed E-state index contributed by atoms with van der Waals surface area (Å²) in [6.07, 6.45) is 0.617. The molecule has 0 radical (unpaired) electrons. The van der Waals surface area contributed by atoms with Crippen molar-refractivity contribution in [2.75, 3.05) is 6.54 Å². The van der Waals surface area contributed by atoms with Crippen molar-refractivity contribution in [1.29, 1.82) is 0 Å². The first-order valence-corrected chi connectivity index (χ1v) is 4.63. The molecule has 2 heteroatoms. The van der Waals surface area contributed by atoms with Crippen molar-refractivity contribution in [3.8, 4) is 0 Å². The number of halogens is 1. The molecule has 13 heavy (non-hydrogen) atoms. The summed E-state index contributed by atoms with van der Waals surface area (Å²) in [5.41, 5.74) is 7.29. The summed E-state index contributed by atoms with van der Waals surface area (Å²) in [4.78, 5) is 0. The fourth-order valence-corrected chi connectivity index (χ4v) is 1.30. The van der Waals surface area contributed by atoms with Crippen LogP contribution in [-0.2, 0) is 6.42 Å². The van der Waals surface area contributed by atoms with Gasteiger partial charge in [-0.25, -0.2) is 4.39 Å². The highest BCUT2D eigenvalue weighted by Crippen LogP contribution is 2.18. The van der Waals surface area contributed by atoms with Gasteiger partial charge in [-0.1, -0.05) is 26.0 Å². The van der Waals surface area contributed by atoms with Crippen LogP contribution in [0, 0.1) is 5.82 Å². The van der Waals surface area contributed by atoms with Gasteiger partial charge in [0.25, 0.3) is 0 Å². The van der Waals surface area contributed by atoms with Crippen molar-refractivity contribution in [2.24, 2.45) is 5.73 Å². The minimum Gasteiger partial charge on any atom is -0.330 e. The van der Waals surface area contributed by atoms with E-state index in [-0.39, 0.29) is 5.82 Å². The smallest absolute Gasteiger partial charge is 0.126 e. The van der Waals surface area contributed by atoms with Crippen molar-refractivity contribution in [2.45, 2.75) is 26.2 Å². The molecule has 0 saturated carbocycles. The van der Waals surface area contributed by atoms with Gasteiger partial charge < -0.3 is 5.73 Å². The Morgan fingerprint density at radius 2 is 2.08 bits per heavy atom. The van der Waals surface area contributed by atoms with Crippen molar-refractivity contribution >= 4 is 0 Å². The first-order valence-electron chi connectivity index (χ1n) is 4.63. The van der Waals surface area contributed by atoms with E-state index < -0.39 is 0 Å². The molecule has 0 heterocycles. The second kappa shape index (κ2) is 4.38. The van der Waals surface area contributed by atoms with Crippen LogP contribution in [0.2, 0.25) is 0 Å². The molecule has 0 aliphatic rings. The molecule has 1 aromatic rings. The van der Waals surface area contributed by atoms with Crippen LogP contribution in [0.15, 0.2) is 18.2 Å². The molecular weight excluding hydrogens is 165 g/mol. The van der Waals surface area contributed by atoms with Crippen LogP contribution in [-0.4, -0.2) is 6.54 Å². The molecule has 1 aromatic carbocycles. The molecule has 1 rings (SSSR count). The molecule has 0 unspecified atom stereocenters. The van der Waals surface area contributed by atoms with E-state index in [0.717, 1.165) is 5.56 Å². The summed E-state index contributed by atoms with van der Waals surface area (Å²) in [5, 5.41) is 0. The van der Waals surface area contributed by atoms with Gasteiger partial charge in [-0.15, -0.1) is 0 Å². The fourth-order valence-electron chi connectivity index (χ4n) is 1.30. The van der Waals surface area contributed by atoms with E-state index in [2.05, 4.69) is 13.8 Å². The minimum absolute atomic E-state index is 0.144. The first-order chi connectivity index (χ1) is 6.15. The predicted molar refractivity (Wildman–Crippen MR) is 53.2 cm³/mol. The lowest BCUT2D eigenvalue weighted by molar-refractivity contribution is 0.607. The van der Waals surface area contributed by atoms with Crippen molar-refractivity contribution in [3.05, 3.63) is 35.1 Å². The highest BCUT2D eigenvalue weighted by atomic mass is 19.1. The maximum Gasteiger partial charge on any atom is 0.126 e. The van der Waals surface area contributed by atoms with Gasteiger partial charge in [0.2, 0.25) is 0 Å². The molecule has 0 aliphatic heterocycles. The van der Waals surface area contributed by atoms with Crippen LogP contribution in [0.4, 0.5) is 4.39 Å². The quantitative estimate of drug-likeness (QED) is 0.761. The van der Waals surface area contributed by atoms with E-state index in [0.29, 0.717) is 18.9 Å². The summed E-state index contributed by atoms with van der Waals surface area (Å²) in [5.74, 6) is 0.298. The zero-order valence-electron chi connectivity index (χ0n) is 8.18. The highest BCUT2D eigenvalue weighted by Gasteiger charge is 2.04. The Kier molecular flexibility index (Phi) is 3.43. The van der Waals surface area contributed by atoms with Crippen molar-refractivity contribution in [1.82, 2.24) is 0 Å². The number of nitrogens with two attached hydrogens (primary N) is 1. The SMILES string of the molecule is CC(C)c1ccc(F)c(CCN)c1. The predicted octanol–water partition coefficient (Wildman–Crippen LogP) is 2.45. The zero-order chi connectivity index (χ0) is 9.84. The molecule has 1 nitrogen and oxygen atoms in total. The standard InChI is InChI=1S/C11H16FN/c1-8(2)9-3-4-11(12)10(7-9)5-6-13/h3-4,7-8H,5-6,13H2,1-2H3. The van der Waals surface area contributed by atoms with Gasteiger partial charge in [0.05, 0.1) is 0 Å². The van der Waals surface area contributed by atoms with Gasteiger partial charge in [-0.05, 0) is 36.1 Å². The molecule has 0 spiro atoms. The van der Waals surface area contributed by atoms with Gasteiger partial charge in [0.1, 0.15) is 5.82 Å². The number of benzene rings is 1. The van der Waals surface area contributed by atoms with Crippen molar-refractivity contribution < 1.29 is 4.39 Å². The summed E-state index contributed by atoms with van der Waals surface area (Å²) >= 11 is 0. The van der Waals surface area contributed by atoms with Gasteiger partial charge >= 0.3 is 0 Å². The first kappa shape index (κ1) is 10.2. The van der Waals surface area contributed by atoms with Crippen molar-refractivity contribution in [3.63, 3.8) is 0 Å². The van der Waals surface area contributed by atoms with E-state index in [1.54, 1.807) is 0 Å². The zero-order valence-corrected chi connectivity index (χ0v) is 8.18. The van der Waals surface area contributed by atoms with Crippen LogP contribution >= 0.6 is 0 Å². The molecule has 0 atom stereocenters. The lowest BCUT2D eigenvalue weighted by Crippen LogP contribution is -2.05. The average molecular weight is 181 g/mol. The lowest BCUT2D eigenvalue weighted by atomic mass is 9.99. The fraction of sp³-hybridized carbons (Fsp3) is 0.455. The molecule has 0 saturated heterocycles. The third-order valence-corrected chi connectivity index (χ3v) is 2.15. The second-order valence-corrected chi connectivity index (χ2v) is 3.54. The van der Waals surface area contributed by atoms with E-state index in [4.69, 9.17) is 5.73 Å². The van der Waals surface area contributed by atoms with Crippen LogP contribution in [0.3, 0.4) is 0 Å².